The predicted octanol–water partition coefficient (Wildman–Crippen LogP) is 3.08. The molecule has 1 aliphatic heterocycles. The maximum Gasteiger partial charge on any atom is 0.221 e. The van der Waals surface area contributed by atoms with E-state index in [0.29, 0.717) is 25.0 Å². The van der Waals surface area contributed by atoms with Gasteiger partial charge in [0, 0.05) is 49.6 Å². The molecule has 2 N–H and O–H groups in total. The molecule has 0 spiro atoms. The molecule has 1 aromatic rings. The zero-order valence-electron chi connectivity index (χ0n) is 15.3. The highest BCUT2D eigenvalue weighted by Crippen LogP contribution is 2.13. The van der Waals surface area contributed by atoms with Gasteiger partial charge in [0.05, 0.1) is 0 Å². The fourth-order valence-corrected chi connectivity index (χ4v) is 3.53. The van der Waals surface area contributed by atoms with Crippen molar-refractivity contribution in [2.24, 2.45) is 0 Å². The molecule has 0 bridgehead atoms. The van der Waals surface area contributed by atoms with Crippen LogP contribution in [0.15, 0.2) is 24.3 Å². The molecule has 1 atom stereocenters. The first-order valence-corrected chi connectivity index (χ1v) is 9.56. The monoisotopic (exact) mass is 407 g/mol. The van der Waals surface area contributed by atoms with Gasteiger partial charge in [-0.2, -0.15) is 11.8 Å². The van der Waals surface area contributed by atoms with E-state index in [2.05, 4.69) is 54.6 Å². The van der Waals surface area contributed by atoms with Crippen LogP contribution in [0, 0.1) is 0 Å². The molecule has 1 aliphatic rings. The average Bonchev–Trinajstić information content (AvgIpc) is 2.55. The van der Waals surface area contributed by atoms with Gasteiger partial charge in [-0.3, -0.25) is 9.69 Å². The third-order valence-electron chi connectivity index (χ3n) is 4.33. The third-order valence-corrected chi connectivity index (χ3v) is 5.46. The maximum absolute atomic E-state index is 12.2. The molecule has 1 aromatic carbocycles. The second-order valence-electron chi connectivity index (χ2n) is 6.48. The summed E-state index contributed by atoms with van der Waals surface area (Å²) in [7, 11) is 2.13. The fourth-order valence-electron chi connectivity index (χ4n) is 2.58. The van der Waals surface area contributed by atoms with Gasteiger partial charge in [-0.15, -0.1) is 24.8 Å². The van der Waals surface area contributed by atoms with E-state index in [1.807, 2.05) is 17.8 Å². The number of nitrogens with zero attached hydrogens (tertiary/aromatic N) is 1. The van der Waals surface area contributed by atoms with Crippen LogP contribution < -0.4 is 10.6 Å². The van der Waals surface area contributed by atoms with Gasteiger partial charge in [-0.25, -0.2) is 0 Å². The molecular formula is C18H31Cl2N3OS. The summed E-state index contributed by atoms with van der Waals surface area (Å²) in [6.45, 7) is 6.91. The first-order chi connectivity index (χ1) is 11.1. The number of carbonyl (C=O) groups is 1. The van der Waals surface area contributed by atoms with Gasteiger partial charge < -0.3 is 10.6 Å². The SMILES string of the molecule is CC(C)N(C)Cc1ccccc1CNC(=O)CC1CSCCN1.Cl.Cl. The summed E-state index contributed by atoms with van der Waals surface area (Å²) in [5, 5.41) is 6.49. The normalized spacial score (nSPS) is 16.9. The van der Waals surface area contributed by atoms with Crippen LogP contribution in [-0.2, 0) is 17.9 Å². The minimum absolute atomic E-state index is 0. The number of rotatable bonds is 7. The number of thioether (sulfide) groups is 1. The number of nitrogens with one attached hydrogen (secondary N) is 2. The van der Waals surface area contributed by atoms with Crippen LogP contribution in [0.4, 0.5) is 0 Å². The number of hydrogen-bond acceptors (Lipinski definition) is 4. The molecule has 1 unspecified atom stereocenters. The summed E-state index contributed by atoms with van der Waals surface area (Å²) in [5.74, 6) is 2.31. The largest absolute Gasteiger partial charge is 0.352 e. The van der Waals surface area contributed by atoms with E-state index in [1.165, 1.54) is 11.1 Å². The summed E-state index contributed by atoms with van der Waals surface area (Å²) in [5.41, 5.74) is 2.50. The van der Waals surface area contributed by atoms with Gasteiger partial charge in [0.15, 0.2) is 0 Å². The van der Waals surface area contributed by atoms with Crippen molar-refractivity contribution in [2.75, 3.05) is 25.1 Å². The van der Waals surface area contributed by atoms with E-state index < -0.39 is 0 Å². The molecule has 1 amide bonds. The average molecular weight is 408 g/mol. The van der Waals surface area contributed by atoms with Crippen molar-refractivity contribution in [3.05, 3.63) is 35.4 Å². The zero-order chi connectivity index (χ0) is 16.7. The van der Waals surface area contributed by atoms with Crippen LogP contribution in [0.25, 0.3) is 0 Å². The quantitative estimate of drug-likeness (QED) is 0.728. The molecule has 0 aliphatic carbocycles. The molecule has 2 rings (SSSR count). The van der Waals surface area contributed by atoms with Crippen LogP contribution >= 0.6 is 36.6 Å². The van der Waals surface area contributed by atoms with Crippen molar-refractivity contribution in [2.45, 2.75) is 45.4 Å². The summed E-state index contributed by atoms with van der Waals surface area (Å²) >= 11 is 1.92. The first kappa shape index (κ1) is 24.5. The van der Waals surface area contributed by atoms with Crippen LogP contribution in [0.5, 0.6) is 0 Å². The van der Waals surface area contributed by atoms with Gasteiger partial charge in [0.25, 0.3) is 0 Å². The number of amides is 1. The third kappa shape index (κ3) is 8.65. The summed E-state index contributed by atoms with van der Waals surface area (Å²) in [6, 6.07) is 9.19. The number of hydrogen-bond donors (Lipinski definition) is 2. The Hall–Kier alpha value is -0.460. The molecule has 1 heterocycles. The molecule has 1 saturated heterocycles. The Kier molecular flexibility index (Phi) is 12.6. The highest BCUT2D eigenvalue weighted by atomic mass is 35.5. The second-order valence-corrected chi connectivity index (χ2v) is 7.63. The Bertz CT molecular complexity index is 511. The van der Waals surface area contributed by atoms with E-state index in [9.17, 15) is 4.79 Å². The van der Waals surface area contributed by atoms with E-state index in [-0.39, 0.29) is 30.7 Å². The second kappa shape index (κ2) is 12.8. The van der Waals surface area contributed by atoms with Gasteiger partial charge in [0.1, 0.15) is 0 Å². The van der Waals surface area contributed by atoms with Gasteiger partial charge in [-0.05, 0) is 32.0 Å². The lowest BCUT2D eigenvalue weighted by Gasteiger charge is -2.23. The molecule has 0 saturated carbocycles. The predicted molar refractivity (Wildman–Crippen MR) is 113 cm³/mol. The van der Waals surface area contributed by atoms with Crippen LogP contribution in [0.3, 0.4) is 0 Å². The Morgan fingerprint density at radius 3 is 2.60 bits per heavy atom. The zero-order valence-corrected chi connectivity index (χ0v) is 17.7. The number of halogens is 2. The molecule has 144 valence electrons. The lowest BCUT2D eigenvalue weighted by Crippen LogP contribution is -2.41. The van der Waals surface area contributed by atoms with Gasteiger partial charge in [-0.1, -0.05) is 24.3 Å². The van der Waals surface area contributed by atoms with Crippen molar-refractivity contribution in [3.8, 4) is 0 Å². The van der Waals surface area contributed by atoms with Crippen molar-refractivity contribution in [1.29, 1.82) is 0 Å². The molecular weight excluding hydrogens is 377 g/mol. The minimum atomic E-state index is 0. The molecule has 0 radical (unpaired) electrons. The molecule has 7 heteroatoms. The fraction of sp³-hybridized carbons (Fsp3) is 0.611. The lowest BCUT2D eigenvalue weighted by atomic mass is 10.1. The molecule has 1 fully saturated rings. The summed E-state index contributed by atoms with van der Waals surface area (Å²) in [6.07, 6.45) is 0.570. The summed E-state index contributed by atoms with van der Waals surface area (Å²) in [4.78, 5) is 14.5. The Morgan fingerprint density at radius 1 is 1.32 bits per heavy atom. The van der Waals surface area contributed by atoms with Crippen molar-refractivity contribution >= 4 is 42.5 Å². The standard InChI is InChI=1S/C18H29N3OS.2ClH/c1-14(2)21(3)12-16-7-5-4-6-15(16)11-20-18(22)10-17-13-23-9-8-19-17;;/h4-7,14,17,19H,8-13H2,1-3H3,(H,20,22);2*1H. The van der Waals surface area contributed by atoms with E-state index >= 15 is 0 Å². The van der Waals surface area contributed by atoms with Crippen LogP contribution in [0.2, 0.25) is 0 Å². The van der Waals surface area contributed by atoms with Crippen molar-refractivity contribution in [1.82, 2.24) is 15.5 Å². The topological polar surface area (TPSA) is 44.4 Å². The highest BCUT2D eigenvalue weighted by Gasteiger charge is 2.16. The van der Waals surface area contributed by atoms with Crippen LogP contribution in [-0.4, -0.2) is 48.0 Å². The van der Waals surface area contributed by atoms with Crippen molar-refractivity contribution in [3.63, 3.8) is 0 Å². The summed E-state index contributed by atoms with van der Waals surface area (Å²) < 4.78 is 0. The molecule has 0 aromatic heterocycles. The minimum Gasteiger partial charge on any atom is -0.352 e. The lowest BCUT2D eigenvalue weighted by molar-refractivity contribution is -0.121. The molecule has 25 heavy (non-hydrogen) atoms. The maximum atomic E-state index is 12.2. The van der Waals surface area contributed by atoms with Crippen LogP contribution in [0.1, 0.15) is 31.4 Å². The molecule has 4 nitrogen and oxygen atoms in total. The number of benzene rings is 1. The smallest absolute Gasteiger partial charge is 0.221 e. The van der Waals surface area contributed by atoms with Gasteiger partial charge in [0.2, 0.25) is 5.91 Å². The Morgan fingerprint density at radius 2 is 2.00 bits per heavy atom. The highest BCUT2D eigenvalue weighted by molar-refractivity contribution is 7.99. The number of carbonyl (C=O) groups excluding carboxylic acids is 1. The first-order valence-electron chi connectivity index (χ1n) is 8.41. The Labute approximate surface area is 168 Å². The Balaban J connectivity index is 0.00000288. The van der Waals surface area contributed by atoms with E-state index in [1.54, 1.807) is 0 Å². The van der Waals surface area contributed by atoms with E-state index in [0.717, 1.165) is 24.6 Å². The van der Waals surface area contributed by atoms with Gasteiger partial charge >= 0.3 is 0 Å². The van der Waals surface area contributed by atoms with E-state index in [4.69, 9.17) is 0 Å². The van der Waals surface area contributed by atoms with Crippen molar-refractivity contribution < 1.29 is 4.79 Å².